The summed E-state index contributed by atoms with van der Waals surface area (Å²) in [6.45, 7) is 15.8. The Morgan fingerprint density at radius 2 is 1.67 bits per heavy atom. The van der Waals surface area contributed by atoms with Gasteiger partial charge in [-0.1, -0.05) is 20.8 Å². The lowest BCUT2D eigenvalue weighted by atomic mass is 9.92. The van der Waals surface area contributed by atoms with E-state index in [0.29, 0.717) is 0 Å². The number of nitrogens with zero attached hydrogens (tertiary/aromatic N) is 1. The van der Waals surface area contributed by atoms with E-state index in [9.17, 15) is 0 Å². The zero-order valence-corrected chi connectivity index (χ0v) is 11.3. The van der Waals surface area contributed by atoms with Gasteiger partial charge in [0, 0.05) is 29.4 Å². The van der Waals surface area contributed by atoms with Crippen molar-refractivity contribution < 1.29 is 0 Å². The van der Waals surface area contributed by atoms with Crippen LogP contribution in [0.1, 0.15) is 48.5 Å². The number of hydrogen-bond donors (Lipinski definition) is 2. The smallest absolute Gasteiger partial charge is 0.0471 e. The van der Waals surface area contributed by atoms with E-state index >= 15 is 0 Å². The van der Waals surface area contributed by atoms with Crippen LogP contribution in [0.15, 0.2) is 11.9 Å². The molecule has 15 heavy (non-hydrogen) atoms. The highest BCUT2D eigenvalue weighted by molar-refractivity contribution is 5.08. The van der Waals surface area contributed by atoms with E-state index < -0.39 is 0 Å². The largest absolute Gasteiger partial charge is 0.387 e. The fourth-order valence-electron chi connectivity index (χ4n) is 1.03. The fraction of sp³-hybridized carbons (Fsp3) is 0.833. The van der Waals surface area contributed by atoms with Gasteiger partial charge >= 0.3 is 0 Å². The second-order valence-electron chi connectivity index (χ2n) is 5.90. The van der Waals surface area contributed by atoms with Crippen LogP contribution < -0.4 is 11.2 Å². The third-order valence-corrected chi connectivity index (χ3v) is 2.22. The average molecular weight is 213 g/mol. The Morgan fingerprint density at radius 3 is 1.93 bits per heavy atom. The molecular weight excluding hydrogens is 186 g/mol. The van der Waals surface area contributed by atoms with Crippen LogP contribution in [0.2, 0.25) is 0 Å². The van der Waals surface area contributed by atoms with E-state index in [4.69, 9.17) is 5.84 Å². The van der Waals surface area contributed by atoms with Gasteiger partial charge < -0.3 is 10.3 Å². The summed E-state index contributed by atoms with van der Waals surface area (Å²) in [4.78, 5) is 0. The molecule has 0 aliphatic rings. The van der Waals surface area contributed by atoms with Crippen LogP contribution in [0.25, 0.3) is 0 Å². The molecule has 0 aliphatic heterocycles. The highest BCUT2D eigenvalue weighted by Crippen LogP contribution is 2.24. The number of allylic oxidation sites excluding steroid dienone is 1. The third kappa shape index (κ3) is 5.07. The van der Waals surface area contributed by atoms with Gasteiger partial charge in [0.2, 0.25) is 0 Å². The summed E-state index contributed by atoms with van der Waals surface area (Å²) in [5, 5.41) is 5.13. The van der Waals surface area contributed by atoms with Crippen LogP contribution in [-0.2, 0) is 0 Å². The maximum absolute atomic E-state index is 6.00. The molecule has 0 unspecified atom stereocenters. The Kier molecular flexibility index (Phi) is 4.65. The van der Waals surface area contributed by atoms with Gasteiger partial charge in [0.15, 0.2) is 0 Å². The molecule has 3 N–H and O–H groups in total. The standard InChI is InChI=1S/C12H27N3/c1-8-14-10(11(2,3)4)9-15(13)12(5,6)7/h9,14H,8,13H2,1-7H3/b10-9-. The summed E-state index contributed by atoms with van der Waals surface area (Å²) in [5.74, 6) is 6.00. The van der Waals surface area contributed by atoms with E-state index in [1.807, 2.05) is 6.20 Å². The minimum absolute atomic E-state index is 0.0497. The first kappa shape index (κ1) is 14.3. The maximum Gasteiger partial charge on any atom is 0.0471 e. The van der Waals surface area contributed by atoms with E-state index in [2.05, 4.69) is 53.8 Å². The average Bonchev–Trinajstić information content (AvgIpc) is 1.99. The minimum Gasteiger partial charge on any atom is -0.387 e. The lowest BCUT2D eigenvalue weighted by Gasteiger charge is -2.33. The first-order valence-electron chi connectivity index (χ1n) is 5.59. The molecule has 0 spiro atoms. The van der Waals surface area contributed by atoms with Crippen LogP contribution in [0.4, 0.5) is 0 Å². The molecular formula is C12H27N3. The molecule has 0 atom stereocenters. The van der Waals surface area contributed by atoms with Gasteiger partial charge in [0.25, 0.3) is 0 Å². The van der Waals surface area contributed by atoms with Crippen LogP contribution >= 0.6 is 0 Å². The van der Waals surface area contributed by atoms with Gasteiger partial charge in [-0.3, -0.25) is 0 Å². The minimum atomic E-state index is -0.0497. The predicted octanol–water partition coefficient (Wildman–Crippen LogP) is 2.46. The van der Waals surface area contributed by atoms with Crippen molar-refractivity contribution in [2.24, 2.45) is 11.3 Å². The molecule has 0 amide bonds. The Hall–Kier alpha value is -0.700. The number of hydrazine groups is 1. The molecule has 90 valence electrons. The van der Waals surface area contributed by atoms with Crippen molar-refractivity contribution in [3.05, 3.63) is 11.9 Å². The van der Waals surface area contributed by atoms with Gasteiger partial charge in [-0.05, 0) is 27.7 Å². The SMILES string of the molecule is CCN/C(=C\N(N)C(C)(C)C)C(C)(C)C. The summed E-state index contributed by atoms with van der Waals surface area (Å²) < 4.78 is 0. The Bertz CT molecular complexity index is 218. The van der Waals surface area contributed by atoms with Gasteiger partial charge in [-0.15, -0.1) is 0 Å². The summed E-state index contributed by atoms with van der Waals surface area (Å²) in [6, 6.07) is 0. The lowest BCUT2D eigenvalue weighted by molar-refractivity contribution is 0.204. The van der Waals surface area contributed by atoms with Crippen molar-refractivity contribution >= 4 is 0 Å². The Labute approximate surface area is 94.7 Å². The van der Waals surface area contributed by atoms with Gasteiger partial charge in [-0.25, -0.2) is 5.84 Å². The van der Waals surface area contributed by atoms with Gasteiger partial charge in [0.1, 0.15) is 0 Å². The first-order valence-corrected chi connectivity index (χ1v) is 5.59. The molecule has 0 saturated carbocycles. The van der Waals surface area contributed by atoms with Crippen molar-refractivity contribution in [1.29, 1.82) is 0 Å². The monoisotopic (exact) mass is 213 g/mol. The molecule has 0 saturated heterocycles. The summed E-state index contributed by atoms with van der Waals surface area (Å²) in [7, 11) is 0. The van der Waals surface area contributed by atoms with Crippen molar-refractivity contribution in [3.63, 3.8) is 0 Å². The van der Waals surface area contributed by atoms with Crippen molar-refractivity contribution in [2.45, 2.75) is 54.0 Å². The molecule has 0 aromatic heterocycles. The molecule has 0 aromatic carbocycles. The summed E-state index contributed by atoms with van der Waals surface area (Å²) in [6.07, 6.45) is 2.00. The van der Waals surface area contributed by atoms with Crippen LogP contribution in [0.3, 0.4) is 0 Å². The topological polar surface area (TPSA) is 41.3 Å². The quantitative estimate of drug-likeness (QED) is 0.559. The first-order chi connectivity index (χ1) is 6.59. The highest BCUT2D eigenvalue weighted by atomic mass is 15.4. The van der Waals surface area contributed by atoms with E-state index in [1.54, 1.807) is 5.01 Å². The second-order valence-corrected chi connectivity index (χ2v) is 5.90. The van der Waals surface area contributed by atoms with Crippen LogP contribution in [-0.4, -0.2) is 17.1 Å². The van der Waals surface area contributed by atoms with E-state index in [-0.39, 0.29) is 11.0 Å². The van der Waals surface area contributed by atoms with E-state index in [1.165, 1.54) is 5.70 Å². The number of nitrogens with two attached hydrogens (primary N) is 1. The fourth-order valence-corrected chi connectivity index (χ4v) is 1.03. The highest BCUT2D eigenvalue weighted by Gasteiger charge is 2.20. The lowest BCUT2D eigenvalue weighted by Crippen LogP contribution is -2.44. The molecule has 0 aliphatic carbocycles. The molecule has 0 aromatic rings. The zero-order chi connectivity index (χ0) is 12.3. The molecule has 0 bridgehead atoms. The predicted molar refractivity (Wildman–Crippen MR) is 67.0 cm³/mol. The Balaban J connectivity index is 4.85. The molecule has 0 radical (unpaired) electrons. The van der Waals surface area contributed by atoms with Crippen molar-refractivity contribution in [3.8, 4) is 0 Å². The molecule has 3 heteroatoms. The zero-order valence-electron chi connectivity index (χ0n) is 11.3. The molecule has 0 fully saturated rings. The summed E-state index contributed by atoms with van der Waals surface area (Å²) >= 11 is 0. The van der Waals surface area contributed by atoms with Gasteiger partial charge in [-0.2, -0.15) is 0 Å². The third-order valence-electron chi connectivity index (χ3n) is 2.22. The molecule has 3 nitrogen and oxygen atoms in total. The van der Waals surface area contributed by atoms with E-state index in [0.717, 1.165) is 6.54 Å². The van der Waals surface area contributed by atoms with Crippen LogP contribution in [0, 0.1) is 5.41 Å². The summed E-state index contributed by atoms with van der Waals surface area (Å²) in [5.41, 5.74) is 1.22. The van der Waals surface area contributed by atoms with Crippen molar-refractivity contribution in [2.75, 3.05) is 6.54 Å². The van der Waals surface area contributed by atoms with Gasteiger partial charge in [0.05, 0.1) is 0 Å². The molecule has 0 rings (SSSR count). The number of nitrogens with one attached hydrogen (secondary N) is 1. The van der Waals surface area contributed by atoms with Crippen LogP contribution in [0.5, 0.6) is 0 Å². The maximum atomic E-state index is 6.00. The van der Waals surface area contributed by atoms with Crippen molar-refractivity contribution in [1.82, 2.24) is 10.3 Å². The second kappa shape index (κ2) is 4.88. The Morgan fingerprint density at radius 1 is 1.20 bits per heavy atom. The normalized spacial score (nSPS) is 14.0. The molecule has 0 heterocycles. The number of hydrogen-bond acceptors (Lipinski definition) is 3. The number of rotatable bonds is 3.